The van der Waals surface area contributed by atoms with Crippen molar-refractivity contribution in [3.05, 3.63) is 12.1 Å². The molecule has 1 aliphatic rings. The van der Waals surface area contributed by atoms with E-state index < -0.39 is 0 Å². The Hall–Kier alpha value is -1.69. The zero-order valence-corrected chi connectivity index (χ0v) is 9.05. The number of aryl methyl sites for hydroxylation is 1. The Kier molecular flexibility index (Phi) is 2.03. The monoisotopic (exact) mass is 219 g/mol. The maximum atomic E-state index is 5.86. The Morgan fingerprint density at radius 3 is 3.12 bits per heavy atom. The molecule has 6 heteroatoms. The lowest BCUT2D eigenvalue weighted by Crippen LogP contribution is -2.27. The second-order valence-corrected chi connectivity index (χ2v) is 4.11. The van der Waals surface area contributed by atoms with E-state index in [0.29, 0.717) is 11.7 Å². The molecule has 0 amide bonds. The molecule has 0 aromatic carbocycles. The lowest BCUT2D eigenvalue weighted by molar-refractivity contribution is 0.589. The Bertz CT molecular complexity index is 523. The third-order valence-electron chi connectivity index (χ3n) is 2.87. The van der Waals surface area contributed by atoms with Gasteiger partial charge in [0.05, 0.1) is 5.69 Å². The van der Waals surface area contributed by atoms with Crippen LogP contribution in [-0.4, -0.2) is 34.1 Å². The first-order valence-electron chi connectivity index (χ1n) is 5.32. The molecule has 16 heavy (non-hydrogen) atoms. The number of nitrogens with two attached hydrogens (primary N) is 1. The Morgan fingerprint density at radius 2 is 2.38 bits per heavy atom. The maximum Gasteiger partial charge on any atom is 0.251 e. The first-order valence-corrected chi connectivity index (χ1v) is 5.32. The summed E-state index contributed by atoms with van der Waals surface area (Å²) in [6, 6.07) is 0.217. The van der Waals surface area contributed by atoms with Crippen molar-refractivity contribution in [1.29, 1.82) is 0 Å². The van der Waals surface area contributed by atoms with Crippen molar-refractivity contribution in [2.75, 3.05) is 18.0 Å². The highest BCUT2D eigenvalue weighted by Crippen LogP contribution is 2.20. The molecule has 3 rings (SSSR count). The molecule has 1 unspecified atom stereocenters. The molecule has 0 saturated carbocycles. The van der Waals surface area contributed by atoms with Crippen LogP contribution in [0.1, 0.15) is 12.1 Å². The highest BCUT2D eigenvalue weighted by molar-refractivity contribution is 5.71. The first kappa shape index (κ1) is 9.53. The minimum atomic E-state index is 0.217. The predicted molar refractivity (Wildman–Crippen MR) is 59.1 cm³/mol. The molecule has 2 aromatic heterocycles. The van der Waals surface area contributed by atoms with Gasteiger partial charge < -0.3 is 15.1 Å². The van der Waals surface area contributed by atoms with Crippen LogP contribution in [0, 0.1) is 6.92 Å². The van der Waals surface area contributed by atoms with Gasteiger partial charge in [-0.25, -0.2) is 9.97 Å². The number of anilines is 1. The number of fused-ring (bicyclic) bond motifs is 1. The van der Waals surface area contributed by atoms with Crippen molar-refractivity contribution in [3.8, 4) is 0 Å². The molecule has 2 N–H and O–H groups in total. The molecule has 0 spiro atoms. The minimum Gasteiger partial charge on any atom is -0.425 e. The SMILES string of the molecule is Cc1nc(N2CCC(N)C2)nc2ocnc12. The molecule has 6 nitrogen and oxygen atoms in total. The quantitative estimate of drug-likeness (QED) is 0.750. The lowest BCUT2D eigenvalue weighted by atomic mass is 10.3. The van der Waals surface area contributed by atoms with Crippen LogP contribution in [0.4, 0.5) is 5.95 Å². The van der Waals surface area contributed by atoms with Gasteiger partial charge in [0.1, 0.15) is 0 Å². The van der Waals surface area contributed by atoms with Gasteiger partial charge in [-0.1, -0.05) is 0 Å². The zero-order chi connectivity index (χ0) is 11.1. The Balaban J connectivity index is 2.04. The number of hydrogen-bond acceptors (Lipinski definition) is 6. The van der Waals surface area contributed by atoms with Crippen LogP contribution in [0.25, 0.3) is 11.2 Å². The number of rotatable bonds is 1. The molecular weight excluding hydrogens is 206 g/mol. The van der Waals surface area contributed by atoms with Gasteiger partial charge in [0.2, 0.25) is 5.95 Å². The number of nitrogens with zero attached hydrogens (tertiary/aromatic N) is 4. The van der Waals surface area contributed by atoms with E-state index in [1.165, 1.54) is 6.39 Å². The fourth-order valence-corrected chi connectivity index (χ4v) is 2.00. The van der Waals surface area contributed by atoms with Gasteiger partial charge in [0.15, 0.2) is 11.9 Å². The van der Waals surface area contributed by atoms with E-state index in [2.05, 4.69) is 19.9 Å². The van der Waals surface area contributed by atoms with E-state index in [-0.39, 0.29) is 6.04 Å². The summed E-state index contributed by atoms with van der Waals surface area (Å²) < 4.78 is 5.21. The van der Waals surface area contributed by atoms with Gasteiger partial charge in [-0.2, -0.15) is 4.98 Å². The predicted octanol–water partition coefficient (Wildman–Crippen LogP) is 0.464. The molecule has 2 aromatic rings. The molecule has 84 valence electrons. The molecule has 1 atom stereocenters. The molecule has 0 aliphatic carbocycles. The summed E-state index contributed by atoms with van der Waals surface area (Å²) in [4.78, 5) is 14.9. The van der Waals surface area contributed by atoms with Crippen LogP contribution in [0.15, 0.2) is 10.8 Å². The Morgan fingerprint density at radius 1 is 1.50 bits per heavy atom. The number of aromatic nitrogens is 3. The van der Waals surface area contributed by atoms with Crippen LogP contribution < -0.4 is 10.6 Å². The lowest BCUT2D eigenvalue weighted by Gasteiger charge is -2.15. The van der Waals surface area contributed by atoms with Gasteiger partial charge in [-0.05, 0) is 13.3 Å². The molecule has 0 radical (unpaired) electrons. The summed E-state index contributed by atoms with van der Waals surface area (Å²) in [5, 5.41) is 0. The Labute approximate surface area is 92.5 Å². The van der Waals surface area contributed by atoms with Crippen LogP contribution >= 0.6 is 0 Å². The molecule has 1 saturated heterocycles. The summed E-state index contributed by atoms with van der Waals surface area (Å²) in [6.45, 7) is 3.62. The summed E-state index contributed by atoms with van der Waals surface area (Å²) in [7, 11) is 0. The third kappa shape index (κ3) is 1.42. The molecule has 1 fully saturated rings. The van der Waals surface area contributed by atoms with Crippen molar-refractivity contribution < 1.29 is 4.42 Å². The van der Waals surface area contributed by atoms with Crippen LogP contribution in [0.2, 0.25) is 0 Å². The fourth-order valence-electron chi connectivity index (χ4n) is 2.00. The average Bonchev–Trinajstić information content (AvgIpc) is 2.85. The van der Waals surface area contributed by atoms with Crippen molar-refractivity contribution in [2.45, 2.75) is 19.4 Å². The van der Waals surface area contributed by atoms with E-state index in [4.69, 9.17) is 10.2 Å². The molecule has 0 bridgehead atoms. The van der Waals surface area contributed by atoms with Crippen LogP contribution in [-0.2, 0) is 0 Å². The van der Waals surface area contributed by atoms with E-state index in [1.54, 1.807) is 0 Å². The van der Waals surface area contributed by atoms with Gasteiger partial charge in [-0.3, -0.25) is 0 Å². The van der Waals surface area contributed by atoms with E-state index in [1.807, 2.05) is 6.92 Å². The minimum absolute atomic E-state index is 0.217. The molecule has 1 aliphatic heterocycles. The topological polar surface area (TPSA) is 81.1 Å². The van der Waals surface area contributed by atoms with Crippen molar-refractivity contribution in [1.82, 2.24) is 15.0 Å². The second-order valence-electron chi connectivity index (χ2n) is 4.11. The van der Waals surface area contributed by atoms with Crippen molar-refractivity contribution in [3.63, 3.8) is 0 Å². The standard InChI is InChI=1S/C10H13N5O/c1-6-8-9(16-5-12-8)14-10(13-6)15-3-2-7(11)4-15/h5,7H,2-4,11H2,1H3. The van der Waals surface area contributed by atoms with Gasteiger partial charge in [0.25, 0.3) is 5.71 Å². The normalized spacial score (nSPS) is 20.9. The number of oxazole rings is 1. The van der Waals surface area contributed by atoms with E-state index in [0.717, 1.165) is 30.7 Å². The molecule has 3 heterocycles. The summed E-state index contributed by atoms with van der Waals surface area (Å²) in [6.07, 6.45) is 2.38. The van der Waals surface area contributed by atoms with Crippen LogP contribution in [0.3, 0.4) is 0 Å². The van der Waals surface area contributed by atoms with Crippen LogP contribution in [0.5, 0.6) is 0 Å². The van der Waals surface area contributed by atoms with Gasteiger partial charge >= 0.3 is 0 Å². The third-order valence-corrected chi connectivity index (χ3v) is 2.87. The number of hydrogen-bond donors (Lipinski definition) is 1. The zero-order valence-electron chi connectivity index (χ0n) is 9.05. The molecular formula is C10H13N5O. The van der Waals surface area contributed by atoms with Gasteiger partial charge in [-0.15, -0.1) is 0 Å². The second kappa shape index (κ2) is 3.41. The van der Waals surface area contributed by atoms with Gasteiger partial charge in [0, 0.05) is 19.1 Å². The summed E-state index contributed by atoms with van der Waals surface area (Å²) >= 11 is 0. The summed E-state index contributed by atoms with van der Waals surface area (Å²) in [5.74, 6) is 0.690. The highest BCUT2D eigenvalue weighted by Gasteiger charge is 2.22. The maximum absolute atomic E-state index is 5.86. The van der Waals surface area contributed by atoms with E-state index >= 15 is 0 Å². The van der Waals surface area contributed by atoms with Crippen molar-refractivity contribution in [2.24, 2.45) is 5.73 Å². The summed E-state index contributed by atoms with van der Waals surface area (Å²) in [5.41, 5.74) is 7.98. The smallest absolute Gasteiger partial charge is 0.251 e. The average molecular weight is 219 g/mol. The largest absolute Gasteiger partial charge is 0.425 e. The van der Waals surface area contributed by atoms with E-state index in [9.17, 15) is 0 Å². The first-order chi connectivity index (χ1) is 7.74. The fraction of sp³-hybridized carbons (Fsp3) is 0.500. The van der Waals surface area contributed by atoms with Crippen molar-refractivity contribution >= 4 is 17.2 Å². The highest BCUT2D eigenvalue weighted by atomic mass is 16.3.